The molecule has 2 aromatic carbocycles. The molecular formula is C20H21N5OS. The van der Waals surface area contributed by atoms with Crippen molar-refractivity contribution >= 4 is 17.7 Å². The van der Waals surface area contributed by atoms with E-state index in [9.17, 15) is 4.79 Å². The van der Waals surface area contributed by atoms with Crippen LogP contribution in [0.25, 0.3) is 11.4 Å². The summed E-state index contributed by atoms with van der Waals surface area (Å²) in [6, 6.07) is 17.9. The van der Waals surface area contributed by atoms with Crippen molar-refractivity contribution in [2.24, 2.45) is 0 Å². The molecule has 1 aliphatic rings. The smallest absolute Gasteiger partial charge is 0.238 e. The van der Waals surface area contributed by atoms with E-state index in [-0.39, 0.29) is 5.91 Å². The second kappa shape index (κ2) is 7.44. The first-order valence-electron chi connectivity index (χ1n) is 8.92. The van der Waals surface area contributed by atoms with Gasteiger partial charge in [-0.3, -0.25) is 4.79 Å². The number of aromatic nitrogens is 3. The van der Waals surface area contributed by atoms with Crippen LogP contribution in [-0.2, 0) is 4.79 Å². The van der Waals surface area contributed by atoms with Crippen LogP contribution in [0.2, 0.25) is 0 Å². The van der Waals surface area contributed by atoms with Crippen LogP contribution in [0.3, 0.4) is 0 Å². The van der Waals surface area contributed by atoms with Gasteiger partial charge in [0.1, 0.15) is 5.25 Å². The molecule has 1 heterocycles. The molecule has 0 unspecified atom stereocenters. The zero-order valence-electron chi connectivity index (χ0n) is 15.0. The van der Waals surface area contributed by atoms with Gasteiger partial charge in [-0.2, -0.15) is 0 Å². The molecule has 6 nitrogen and oxygen atoms in total. The lowest BCUT2D eigenvalue weighted by Gasteiger charge is -2.16. The Morgan fingerprint density at radius 3 is 2.56 bits per heavy atom. The van der Waals surface area contributed by atoms with Gasteiger partial charge in [-0.15, -0.1) is 10.2 Å². The van der Waals surface area contributed by atoms with Crippen molar-refractivity contribution in [1.82, 2.24) is 20.2 Å². The summed E-state index contributed by atoms with van der Waals surface area (Å²) in [4.78, 5) is 12.8. The Morgan fingerprint density at radius 1 is 1.15 bits per heavy atom. The third kappa shape index (κ3) is 3.83. The summed E-state index contributed by atoms with van der Waals surface area (Å²) < 4.78 is 1.47. The van der Waals surface area contributed by atoms with Crippen molar-refractivity contribution in [3.05, 3.63) is 65.7 Å². The SMILES string of the molecule is Cc1ccccc1-c1nnc(S[C@H](C(=O)NC2CC2)c2ccccc2)n1N. The highest BCUT2D eigenvalue weighted by Crippen LogP contribution is 2.36. The quantitative estimate of drug-likeness (QED) is 0.508. The Hall–Kier alpha value is -2.80. The number of nitrogen functional groups attached to an aromatic ring is 1. The van der Waals surface area contributed by atoms with Gasteiger partial charge >= 0.3 is 0 Å². The monoisotopic (exact) mass is 379 g/mol. The van der Waals surface area contributed by atoms with E-state index in [0.717, 1.165) is 29.5 Å². The molecule has 4 rings (SSSR count). The fraction of sp³-hybridized carbons (Fsp3) is 0.250. The molecule has 1 fully saturated rings. The number of aryl methyl sites for hydroxylation is 1. The molecule has 0 spiro atoms. The molecular weight excluding hydrogens is 358 g/mol. The van der Waals surface area contributed by atoms with Crippen LogP contribution in [0.4, 0.5) is 0 Å². The lowest BCUT2D eigenvalue weighted by Crippen LogP contribution is -2.30. The maximum atomic E-state index is 12.8. The fourth-order valence-electron chi connectivity index (χ4n) is 2.88. The van der Waals surface area contributed by atoms with E-state index in [2.05, 4.69) is 15.5 Å². The average molecular weight is 379 g/mol. The van der Waals surface area contributed by atoms with Crippen LogP contribution in [0.15, 0.2) is 59.8 Å². The van der Waals surface area contributed by atoms with Gasteiger partial charge in [-0.05, 0) is 30.9 Å². The Labute approximate surface area is 162 Å². The van der Waals surface area contributed by atoms with Crippen LogP contribution in [0.1, 0.15) is 29.2 Å². The van der Waals surface area contributed by atoms with Gasteiger partial charge < -0.3 is 11.2 Å². The van der Waals surface area contributed by atoms with E-state index in [1.54, 1.807) is 0 Å². The van der Waals surface area contributed by atoms with E-state index < -0.39 is 5.25 Å². The fourth-order valence-corrected chi connectivity index (χ4v) is 3.84. The number of benzene rings is 2. The number of rotatable bonds is 6. The van der Waals surface area contributed by atoms with Gasteiger partial charge in [-0.25, -0.2) is 4.68 Å². The minimum atomic E-state index is -0.428. The van der Waals surface area contributed by atoms with E-state index >= 15 is 0 Å². The number of hydrogen-bond acceptors (Lipinski definition) is 5. The summed E-state index contributed by atoms with van der Waals surface area (Å²) >= 11 is 1.32. The van der Waals surface area contributed by atoms with E-state index in [0.29, 0.717) is 17.0 Å². The second-order valence-corrected chi connectivity index (χ2v) is 7.75. The van der Waals surface area contributed by atoms with Gasteiger partial charge in [0, 0.05) is 11.6 Å². The molecule has 3 aromatic rings. The Bertz CT molecular complexity index is 952. The van der Waals surface area contributed by atoms with Crippen molar-refractivity contribution in [1.29, 1.82) is 0 Å². The Morgan fingerprint density at radius 2 is 1.85 bits per heavy atom. The lowest BCUT2D eigenvalue weighted by atomic mass is 10.1. The first-order valence-corrected chi connectivity index (χ1v) is 9.80. The summed E-state index contributed by atoms with van der Waals surface area (Å²) in [7, 11) is 0. The molecule has 27 heavy (non-hydrogen) atoms. The maximum absolute atomic E-state index is 12.8. The number of nitrogens with zero attached hydrogens (tertiary/aromatic N) is 3. The van der Waals surface area contributed by atoms with Crippen molar-refractivity contribution in [2.75, 3.05) is 5.84 Å². The predicted molar refractivity (Wildman–Crippen MR) is 107 cm³/mol. The van der Waals surface area contributed by atoms with E-state index in [4.69, 9.17) is 5.84 Å². The summed E-state index contributed by atoms with van der Waals surface area (Å²) in [6.07, 6.45) is 2.09. The largest absolute Gasteiger partial charge is 0.352 e. The van der Waals surface area contributed by atoms with Crippen LogP contribution < -0.4 is 11.2 Å². The van der Waals surface area contributed by atoms with Crippen LogP contribution in [0.5, 0.6) is 0 Å². The van der Waals surface area contributed by atoms with Gasteiger partial charge in [0.25, 0.3) is 0 Å². The first kappa shape index (κ1) is 17.6. The van der Waals surface area contributed by atoms with Crippen molar-refractivity contribution in [3.63, 3.8) is 0 Å². The zero-order valence-corrected chi connectivity index (χ0v) is 15.8. The number of carbonyl (C=O) groups is 1. The Balaban J connectivity index is 1.63. The van der Waals surface area contributed by atoms with Crippen molar-refractivity contribution in [2.45, 2.75) is 36.2 Å². The van der Waals surface area contributed by atoms with Crippen LogP contribution in [-0.4, -0.2) is 26.8 Å². The predicted octanol–water partition coefficient (Wildman–Crippen LogP) is 3.08. The molecule has 1 saturated carbocycles. The maximum Gasteiger partial charge on any atom is 0.238 e. The molecule has 1 aromatic heterocycles. The van der Waals surface area contributed by atoms with Gasteiger partial charge in [0.15, 0.2) is 5.82 Å². The number of hydrogen-bond donors (Lipinski definition) is 2. The lowest BCUT2D eigenvalue weighted by molar-refractivity contribution is -0.120. The number of carbonyl (C=O) groups excluding carboxylic acids is 1. The molecule has 1 atom stereocenters. The second-order valence-electron chi connectivity index (χ2n) is 6.68. The number of nitrogens with one attached hydrogen (secondary N) is 1. The molecule has 1 aliphatic carbocycles. The summed E-state index contributed by atoms with van der Waals surface area (Å²) in [6.45, 7) is 2.01. The van der Waals surface area contributed by atoms with E-state index in [1.807, 2.05) is 61.5 Å². The normalized spacial score (nSPS) is 14.7. The number of thioether (sulfide) groups is 1. The van der Waals surface area contributed by atoms with E-state index in [1.165, 1.54) is 16.4 Å². The minimum absolute atomic E-state index is 0.0193. The third-order valence-corrected chi connectivity index (χ3v) is 5.75. The zero-order chi connectivity index (χ0) is 18.8. The minimum Gasteiger partial charge on any atom is -0.352 e. The summed E-state index contributed by atoms with van der Waals surface area (Å²) in [5.74, 6) is 6.85. The molecule has 0 saturated heterocycles. The summed E-state index contributed by atoms with van der Waals surface area (Å²) in [5, 5.41) is 11.7. The highest BCUT2D eigenvalue weighted by molar-refractivity contribution is 8.00. The highest BCUT2D eigenvalue weighted by atomic mass is 32.2. The molecule has 1 amide bonds. The van der Waals surface area contributed by atoms with Crippen LogP contribution >= 0.6 is 11.8 Å². The first-order chi connectivity index (χ1) is 13.1. The number of nitrogens with two attached hydrogens (primary N) is 1. The molecule has 3 N–H and O–H groups in total. The van der Waals surface area contributed by atoms with Gasteiger partial charge in [0.2, 0.25) is 11.1 Å². The van der Waals surface area contributed by atoms with Crippen molar-refractivity contribution < 1.29 is 4.79 Å². The number of amides is 1. The van der Waals surface area contributed by atoms with Crippen molar-refractivity contribution in [3.8, 4) is 11.4 Å². The topological polar surface area (TPSA) is 85.8 Å². The molecule has 7 heteroatoms. The van der Waals surface area contributed by atoms with Crippen LogP contribution in [0, 0.1) is 6.92 Å². The average Bonchev–Trinajstić information content (AvgIpc) is 3.42. The molecule has 0 radical (unpaired) electrons. The van der Waals surface area contributed by atoms with Gasteiger partial charge in [0.05, 0.1) is 0 Å². The highest BCUT2D eigenvalue weighted by Gasteiger charge is 2.30. The third-order valence-electron chi connectivity index (χ3n) is 4.54. The summed E-state index contributed by atoms with van der Waals surface area (Å²) in [5.41, 5.74) is 2.92. The molecule has 0 aliphatic heterocycles. The Kier molecular flexibility index (Phi) is 4.85. The standard InChI is InChI=1S/C20H21N5OS/c1-13-7-5-6-10-16(13)18-23-24-20(25(18)21)27-17(14-8-3-2-4-9-14)19(26)22-15-11-12-15/h2-10,15,17H,11-12,21H2,1H3,(H,22,26)/t17-/m0/s1. The molecule has 0 bridgehead atoms. The molecule has 138 valence electrons. The van der Waals surface area contributed by atoms with Gasteiger partial charge in [-0.1, -0.05) is 66.4 Å².